The highest BCUT2D eigenvalue weighted by atomic mass is 35.5. The highest BCUT2D eigenvalue weighted by molar-refractivity contribution is 6.33. The van der Waals surface area contributed by atoms with E-state index in [-0.39, 0.29) is 0 Å². The molecule has 0 heterocycles. The molecule has 4 nitrogen and oxygen atoms in total. The molecule has 1 saturated carbocycles. The normalized spacial score (nSPS) is 17.7. The Kier molecular flexibility index (Phi) is 2.88. The molecule has 0 atom stereocenters. The van der Waals surface area contributed by atoms with Gasteiger partial charge in [-0.1, -0.05) is 17.7 Å². The van der Waals surface area contributed by atoms with Gasteiger partial charge in [-0.2, -0.15) is 0 Å². The van der Waals surface area contributed by atoms with Gasteiger partial charge in [0.25, 0.3) is 5.91 Å². The predicted molar refractivity (Wildman–Crippen MR) is 60.9 cm³/mol. The molecule has 1 fully saturated rings. The number of hydrazine groups is 1. The first-order chi connectivity index (χ1) is 7.57. The molecule has 0 saturated heterocycles. The Morgan fingerprint density at radius 2 is 2.19 bits per heavy atom. The number of benzene rings is 1. The second kappa shape index (κ2) is 4.05. The minimum atomic E-state index is -0.797. The van der Waals surface area contributed by atoms with Crippen molar-refractivity contribution in [2.24, 2.45) is 5.84 Å². The van der Waals surface area contributed by atoms with Crippen LogP contribution in [-0.4, -0.2) is 11.0 Å². The second-order valence-corrected chi connectivity index (χ2v) is 4.46. The van der Waals surface area contributed by atoms with Crippen LogP contribution in [0.4, 0.5) is 0 Å². The Bertz CT molecular complexity index is 430. The minimum Gasteiger partial charge on any atom is -0.385 e. The molecule has 1 amide bonds. The SMILES string of the molecule is NNC(=O)c1cc(C2(O)CCC2)ccc1Cl. The number of hydrogen-bond donors (Lipinski definition) is 3. The van der Waals surface area contributed by atoms with Crippen LogP contribution in [-0.2, 0) is 5.60 Å². The number of halogens is 1. The maximum absolute atomic E-state index is 11.4. The van der Waals surface area contributed by atoms with Crippen LogP contribution in [0.2, 0.25) is 5.02 Å². The van der Waals surface area contributed by atoms with Crippen LogP contribution in [0, 0.1) is 0 Å². The zero-order chi connectivity index (χ0) is 11.8. The van der Waals surface area contributed by atoms with Crippen LogP contribution in [0.3, 0.4) is 0 Å². The monoisotopic (exact) mass is 240 g/mol. The van der Waals surface area contributed by atoms with Crippen LogP contribution in [0.5, 0.6) is 0 Å². The molecule has 16 heavy (non-hydrogen) atoms. The Morgan fingerprint density at radius 3 is 2.69 bits per heavy atom. The molecular weight excluding hydrogens is 228 g/mol. The molecule has 0 aromatic heterocycles. The number of hydrogen-bond acceptors (Lipinski definition) is 3. The van der Waals surface area contributed by atoms with Crippen molar-refractivity contribution in [3.8, 4) is 0 Å². The van der Waals surface area contributed by atoms with Gasteiger partial charge in [-0.05, 0) is 37.0 Å². The van der Waals surface area contributed by atoms with Crippen molar-refractivity contribution in [3.05, 3.63) is 34.3 Å². The van der Waals surface area contributed by atoms with E-state index >= 15 is 0 Å². The summed E-state index contributed by atoms with van der Waals surface area (Å²) in [5, 5.41) is 10.5. The standard InChI is InChI=1S/C11H13ClN2O2/c12-9-3-2-7(11(16)4-1-5-11)6-8(9)10(15)14-13/h2-3,6,16H,1,4-5,13H2,(H,14,15). The molecule has 86 valence electrons. The molecule has 5 heteroatoms. The van der Waals surface area contributed by atoms with Crippen LogP contribution in [0.1, 0.15) is 35.2 Å². The van der Waals surface area contributed by atoms with Crippen molar-refractivity contribution in [3.63, 3.8) is 0 Å². The smallest absolute Gasteiger partial charge is 0.266 e. The average Bonchev–Trinajstić information content (AvgIpc) is 2.25. The number of nitrogen functional groups attached to an aromatic ring is 1. The van der Waals surface area contributed by atoms with Gasteiger partial charge in [-0.15, -0.1) is 0 Å². The van der Waals surface area contributed by atoms with Crippen molar-refractivity contribution in [1.29, 1.82) is 0 Å². The van der Waals surface area contributed by atoms with E-state index in [1.54, 1.807) is 18.2 Å². The summed E-state index contributed by atoms with van der Waals surface area (Å²) in [6.07, 6.45) is 2.44. The predicted octanol–water partition coefficient (Wildman–Crippen LogP) is 1.31. The lowest BCUT2D eigenvalue weighted by Gasteiger charge is -2.37. The first-order valence-electron chi connectivity index (χ1n) is 5.10. The van der Waals surface area contributed by atoms with E-state index < -0.39 is 11.5 Å². The molecule has 1 aromatic carbocycles. The van der Waals surface area contributed by atoms with Gasteiger partial charge >= 0.3 is 0 Å². The lowest BCUT2D eigenvalue weighted by atomic mass is 9.75. The number of aliphatic hydroxyl groups is 1. The van der Waals surface area contributed by atoms with E-state index in [0.29, 0.717) is 10.6 Å². The maximum Gasteiger partial charge on any atom is 0.266 e. The number of carbonyl (C=O) groups is 1. The van der Waals surface area contributed by atoms with Crippen molar-refractivity contribution in [2.75, 3.05) is 0 Å². The van der Waals surface area contributed by atoms with Gasteiger partial charge in [0.2, 0.25) is 0 Å². The second-order valence-electron chi connectivity index (χ2n) is 4.05. The average molecular weight is 241 g/mol. The zero-order valence-corrected chi connectivity index (χ0v) is 9.42. The number of nitrogens with two attached hydrogens (primary N) is 1. The summed E-state index contributed by atoms with van der Waals surface area (Å²) >= 11 is 5.88. The van der Waals surface area contributed by atoms with E-state index in [1.807, 2.05) is 5.43 Å². The maximum atomic E-state index is 11.4. The molecule has 1 aliphatic carbocycles. The molecule has 2 rings (SSSR count). The molecule has 1 aromatic rings. The van der Waals surface area contributed by atoms with Gasteiger partial charge in [0.15, 0.2) is 0 Å². The first kappa shape index (κ1) is 11.4. The van der Waals surface area contributed by atoms with Gasteiger partial charge in [0.1, 0.15) is 0 Å². The fraction of sp³-hybridized carbons (Fsp3) is 0.364. The van der Waals surface area contributed by atoms with Gasteiger partial charge in [-0.25, -0.2) is 5.84 Å². The van der Waals surface area contributed by atoms with Crippen molar-refractivity contribution < 1.29 is 9.90 Å². The van der Waals surface area contributed by atoms with Crippen molar-refractivity contribution >= 4 is 17.5 Å². The van der Waals surface area contributed by atoms with Crippen molar-refractivity contribution in [2.45, 2.75) is 24.9 Å². The van der Waals surface area contributed by atoms with Crippen LogP contribution in [0.15, 0.2) is 18.2 Å². The van der Waals surface area contributed by atoms with E-state index in [0.717, 1.165) is 24.8 Å². The largest absolute Gasteiger partial charge is 0.385 e. The minimum absolute atomic E-state index is 0.294. The molecule has 0 aliphatic heterocycles. The van der Waals surface area contributed by atoms with Gasteiger partial charge in [-0.3, -0.25) is 10.2 Å². The molecular formula is C11H13ClN2O2. The Balaban J connectivity index is 2.39. The third kappa shape index (κ3) is 1.80. The van der Waals surface area contributed by atoms with Crippen LogP contribution in [0.25, 0.3) is 0 Å². The van der Waals surface area contributed by atoms with Gasteiger partial charge in [0, 0.05) is 0 Å². The molecule has 0 spiro atoms. The molecule has 1 aliphatic rings. The number of rotatable bonds is 2. The van der Waals surface area contributed by atoms with Crippen LogP contribution >= 0.6 is 11.6 Å². The Hall–Kier alpha value is -1.10. The van der Waals surface area contributed by atoms with Crippen molar-refractivity contribution in [1.82, 2.24) is 5.43 Å². The summed E-state index contributed by atoms with van der Waals surface area (Å²) < 4.78 is 0. The number of amides is 1. The fourth-order valence-corrected chi connectivity index (χ4v) is 2.07. The summed E-state index contributed by atoms with van der Waals surface area (Å²) in [7, 11) is 0. The first-order valence-corrected chi connectivity index (χ1v) is 5.48. The topological polar surface area (TPSA) is 75.3 Å². The summed E-state index contributed by atoms with van der Waals surface area (Å²) in [6.45, 7) is 0. The summed E-state index contributed by atoms with van der Waals surface area (Å²) in [5.41, 5.74) is 2.25. The third-order valence-electron chi connectivity index (χ3n) is 3.06. The highest BCUT2D eigenvalue weighted by Crippen LogP contribution is 2.41. The molecule has 0 bridgehead atoms. The molecule has 0 unspecified atom stereocenters. The van der Waals surface area contributed by atoms with E-state index in [4.69, 9.17) is 17.4 Å². The number of nitrogens with one attached hydrogen (secondary N) is 1. The lowest BCUT2D eigenvalue weighted by molar-refractivity contribution is -0.0388. The fourth-order valence-electron chi connectivity index (χ4n) is 1.87. The third-order valence-corrected chi connectivity index (χ3v) is 3.39. The summed E-state index contributed by atoms with van der Waals surface area (Å²) in [6, 6.07) is 4.95. The van der Waals surface area contributed by atoms with E-state index in [1.165, 1.54) is 0 Å². The van der Waals surface area contributed by atoms with E-state index in [2.05, 4.69) is 0 Å². The zero-order valence-electron chi connectivity index (χ0n) is 8.66. The quantitative estimate of drug-likeness (QED) is 0.415. The molecule has 0 radical (unpaired) electrons. The number of carbonyl (C=O) groups excluding carboxylic acids is 1. The lowest BCUT2D eigenvalue weighted by Crippen LogP contribution is -2.34. The van der Waals surface area contributed by atoms with Gasteiger partial charge < -0.3 is 5.11 Å². The Labute approximate surface area is 98.4 Å². The van der Waals surface area contributed by atoms with Gasteiger partial charge in [0.05, 0.1) is 16.2 Å². The summed E-state index contributed by atoms with van der Waals surface area (Å²) in [5.74, 6) is 4.61. The summed E-state index contributed by atoms with van der Waals surface area (Å²) in [4.78, 5) is 11.4. The van der Waals surface area contributed by atoms with E-state index in [9.17, 15) is 9.90 Å². The highest BCUT2D eigenvalue weighted by Gasteiger charge is 2.36. The van der Waals surface area contributed by atoms with Crippen LogP contribution < -0.4 is 11.3 Å². The Morgan fingerprint density at radius 1 is 1.50 bits per heavy atom. The molecule has 4 N–H and O–H groups in total.